The molecule has 3 aromatic carbocycles. The molecule has 0 radical (unpaired) electrons. The first-order valence-electron chi connectivity index (χ1n) is 8.20. The van der Waals surface area contributed by atoms with Crippen LogP contribution in [0.4, 0.5) is 5.69 Å². The van der Waals surface area contributed by atoms with E-state index in [9.17, 15) is 5.11 Å². The normalized spacial score (nSPS) is 11.5. The van der Waals surface area contributed by atoms with Gasteiger partial charge in [0.1, 0.15) is 11.3 Å². The molecule has 4 aromatic rings. The number of oxazole rings is 1. The number of para-hydroxylation sites is 1. The van der Waals surface area contributed by atoms with E-state index in [0.717, 1.165) is 27.9 Å². The molecule has 4 rings (SSSR count). The number of fused-ring (bicyclic) bond motifs is 1. The zero-order chi connectivity index (χ0) is 19.0. The van der Waals surface area contributed by atoms with Crippen LogP contribution in [-0.2, 0) is 0 Å². The van der Waals surface area contributed by atoms with Crippen LogP contribution in [0.15, 0.2) is 68.5 Å². The number of hydrogen-bond donors (Lipinski definition) is 1. The summed E-state index contributed by atoms with van der Waals surface area (Å²) in [6, 6.07) is 16.7. The van der Waals surface area contributed by atoms with Crippen molar-refractivity contribution in [2.24, 2.45) is 4.99 Å². The minimum atomic E-state index is 0.0987. The van der Waals surface area contributed by atoms with E-state index >= 15 is 0 Å². The first-order valence-corrected chi connectivity index (χ1v) is 9.37. The summed E-state index contributed by atoms with van der Waals surface area (Å²) in [5, 5.41) is 10.6. The Labute approximate surface area is 169 Å². The van der Waals surface area contributed by atoms with Crippen molar-refractivity contribution in [2.45, 2.75) is 6.92 Å². The topological polar surface area (TPSA) is 58.6 Å². The molecule has 0 saturated carbocycles. The van der Waals surface area contributed by atoms with Gasteiger partial charge in [-0.2, -0.15) is 0 Å². The molecule has 134 valence electrons. The van der Waals surface area contributed by atoms with Gasteiger partial charge in [-0.15, -0.1) is 0 Å². The molecule has 0 amide bonds. The summed E-state index contributed by atoms with van der Waals surface area (Å²) in [6.07, 6.45) is 1.57. The molecule has 0 spiro atoms. The second-order valence-corrected chi connectivity index (χ2v) is 7.36. The quantitative estimate of drug-likeness (QED) is 0.361. The van der Waals surface area contributed by atoms with Gasteiger partial charge < -0.3 is 9.52 Å². The zero-order valence-electron chi connectivity index (χ0n) is 14.3. The van der Waals surface area contributed by atoms with Crippen molar-refractivity contribution in [1.29, 1.82) is 0 Å². The van der Waals surface area contributed by atoms with Crippen LogP contribution in [0, 0.1) is 6.92 Å². The lowest BCUT2D eigenvalue weighted by atomic mass is 10.2. The summed E-state index contributed by atoms with van der Waals surface area (Å²) >= 11 is 9.28. The van der Waals surface area contributed by atoms with Gasteiger partial charge in [0.05, 0.1) is 10.2 Å². The summed E-state index contributed by atoms with van der Waals surface area (Å²) < 4.78 is 6.37. The third kappa shape index (κ3) is 3.61. The highest BCUT2D eigenvalue weighted by atomic mass is 79.9. The van der Waals surface area contributed by atoms with Crippen LogP contribution < -0.4 is 0 Å². The van der Waals surface area contributed by atoms with Crippen LogP contribution in [-0.4, -0.2) is 16.3 Å². The summed E-state index contributed by atoms with van der Waals surface area (Å²) in [6.45, 7) is 2.01. The van der Waals surface area contributed by atoms with Gasteiger partial charge in [-0.25, -0.2) is 4.98 Å². The Kier molecular flexibility index (Phi) is 4.72. The average Bonchev–Trinajstić information content (AvgIpc) is 3.10. The van der Waals surface area contributed by atoms with Crippen molar-refractivity contribution in [3.63, 3.8) is 0 Å². The van der Waals surface area contributed by atoms with Crippen LogP contribution in [0.5, 0.6) is 5.75 Å². The molecular formula is C21H14BrClN2O2. The van der Waals surface area contributed by atoms with Crippen LogP contribution in [0.2, 0.25) is 5.02 Å². The summed E-state index contributed by atoms with van der Waals surface area (Å²) in [5.41, 5.74) is 4.87. The molecule has 4 nitrogen and oxygen atoms in total. The van der Waals surface area contributed by atoms with E-state index in [0.29, 0.717) is 20.9 Å². The number of aromatic nitrogens is 1. The molecule has 1 heterocycles. The second-order valence-electron chi connectivity index (χ2n) is 6.07. The summed E-state index contributed by atoms with van der Waals surface area (Å²) in [5.74, 6) is 0.674. The van der Waals surface area contributed by atoms with Gasteiger partial charge in [-0.05, 0) is 70.9 Å². The number of aromatic hydroxyl groups is 1. The molecule has 0 saturated heterocycles. The molecule has 0 fully saturated rings. The lowest BCUT2D eigenvalue weighted by molar-refractivity contribution is 0.471. The number of nitrogens with zero attached hydrogens (tertiary/aromatic N) is 2. The van der Waals surface area contributed by atoms with Gasteiger partial charge in [0.15, 0.2) is 5.58 Å². The fourth-order valence-electron chi connectivity index (χ4n) is 2.73. The van der Waals surface area contributed by atoms with E-state index in [1.807, 2.05) is 49.4 Å². The van der Waals surface area contributed by atoms with Crippen LogP contribution in [0.1, 0.15) is 11.1 Å². The van der Waals surface area contributed by atoms with E-state index in [-0.39, 0.29) is 5.75 Å². The number of phenolic OH excluding ortho intramolecular Hbond substituents is 1. The number of halogens is 2. The molecule has 0 aliphatic rings. The fourth-order valence-corrected chi connectivity index (χ4v) is 3.56. The van der Waals surface area contributed by atoms with Crippen molar-refractivity contribution in [2.75, 3.05) is 0 Å². The Hall–Kier alpha value is -2.63. The molecule has 0 atom stereocenters. The SMILES string of the molecule is Cc1cccc2oc(-c3ccc(N=Cc4cc(Cl)cc(Br)c4O)cc3)nc12. The molecule has 6 heteroatoms. The van der Waals surface area contributed by atoms with E-state index in [4.69, 9.17) is 16.0 Å². The average molecular weight is 442 g/mol. The number of hydrogen-bond acceptors (Lipinski definition) is 4. The lowest BCUT2D eigenvalue weighted by Gasteiger charge is -2.02. The highest BCUT2D eigenvalue weighted by Gasteiger charge is 2.10. The van der Waals surface area contributed by atoms with Crippen molar-refractivity contribution < 1.29 is 9.52 Å². The predicted octanol–water partition coefficient (Wildman–Crippen LogP) is 6.68. The van der Waals surface area contributed by atoms with Crippen LogP contribution in [0.25, 0.3) is 22.6 Å². The minimum Gasteiger partial charge on any atom is -0.506 e. The summed E-state index contributed by atoms with van der Waals surface area (Å²) in [7, 11) is 0. The van der Waals surface area contributed by atoms with E-state index in [2.05, 4.69) is 25.9 Å². The Balaban J connectivity index is 1.61. The molecule has 0 unspecified atom stereocenters. The first-order chi connectivity index (χ1) is 13.0. The number of aryl methyl sites for hydroxylation is 1. The van der Waals surface area contributed by atoms with E-state index in [1.54, 1.807) is 18.3 Å². The standard InChI is InChI=1S/C21H14BrClN2O2/c1-12-3-2-4-18-19(12)25-21(27-18)13-5-7-16(8-6-13)24-11-14-9-15(23)10-17(22)20(14)26/h2-11,26H,1H3. The maximum absolute atomic E-state index is 10.1. The molecule has 1 aromatic heterocycles. The van der Waals surface area contributed by atoms with Gasteiger partial charge in [-0.3, -0.25) is 4.99 Å². The van der Waals surface area contributed by atoms with Crippen LogP contribution >= 0.6 is 27.5 Å². The Morgan fingerprint density at radius 2 is 1.93 bits per heavy atom. The van der Waals surface area contributed by atoms with Gasteiger partial charge in [-0.1, -0.05) is 23.7 Å². The van der Waals surface area contributed by atoms with Gasteiger partial charge >= 0.3 is 0 Å². The second kappa shape index (κ2) is 7.18. The highest BCUT2D eigenvalue weighted by molar-refractivity contribution is 9.10. The minimum absolute atomic E-state index is 0.0987. The fraction of sp³-hybridized carbons (Fsp3) is 0.0476. The Morgan fingerprint density at radius 3 is 2.67 bits per heavy atom. The van der Waals surface area contributed by atoms with Gasteiger partial charge in [0.25, 0.3) is 0 Å². The van der Waals surface area contributed by atoms with Gasteiger partial charge in [0, 0.05) is 22.4 Å². The molecule has 27 heavy (non-hydrogen) atoms. The highest BCUT2D eigenvalue weighted by Crippen LogP contribution is 2.31. The zero-order valence-corrected chi connectivity index (χ0v) is 16.6. The number of aliphatic imine (C=N–C) groups is 1. The molecule has 0 aliphatic heterocycles. The number of rotatable bonds is 3. The van der Waals surface area contributed by atoms with E-state index in [1.165, 1.54) is 0 Å². The van der Waals surface area contributed by atoms with Crippen LogP contribution in [0.3, 0.4) is 0 Å². The third-order valence-electron chi connectivity index (χ3n) is 4.15. The molecule has 0 aliphatic carbocycles. The maximum atomic E-state index is 10.1. The van der Waals surface area contributed by atoms with Crippen molar-refractivity contribution in [3.8, 4) is 17.2 Å². The predicted molar refractivity (Wildman–Crippen MR) is 112 cm³/mol. The number of phenols is 1. The van der Waals surface area contributed by atoms with Gasteiger partial charge in [0.2, 0.25) is 5.89 Å². The largest absolute Gasteiger partial charge is 0.506 e. The van der Waals surface area contributed by atoms with Crippen molar-refractivity contribution >= 4 is 50.5 Å². The third-order valence-corrected chi connectivity index (χ3v) is 4.97. The first kappa shape index (κ1) is 17.8. The molecule has 1 N–H and O–H groups in total. The Morgan fingerprint density at radius 1 is 1.15 bits per heavy atom. The summed E-state index contributed by atoms with van der Waals surface area (Å²) in [4.78, 5) is 8.97. The smallest absolute Gasteiger partial charge is 0.227 e. The lowest BCUT2D eigenvalue weighted by Crippen LogP contribution is -1.84. The van der Waals surface area contributed by atoms with Crippen molar-refractivity contribution in [1.82, 2.24) is 4.98 Å². The van der Waals surface area contributed by atoms with Crippen molar-refractivity contribution in [3.05, 3.63) is 75.2 Å². The number of benzene rings is 3. The monoisotopic (exact) mass is 440 g/mol. The molecular weight excluding hydrogens is 428 g/mol. The Bertz CT molecular complexity index is 1170. The van der Waals surface area contributed by atoms with E-state index < -0.39 is 0 Å². The molecule has 0 bridgehead atoms. The maximum Gasteiger partial charge on any atom is 0.227 e.